The van der Waals surface area contributed by atoms with E-state index in [1.807, 2.05) is 6.07 Å². The molecule has 0 radical (unpaired) electrons. The van der Waals surface area contributed by atoms with Gasteiger partial charge in [0.15, 0.2) is 0 Å². The summed E-state index contributed by atoms with van der Waals surface area (Å²) in [5.74, 6) is 0.986. The van der Waals surface area contributed by atoms with Crippen LogP contribution in [-0.2, 0) is 6.42 Å². The minimum absolute atomic E-state index is 0.470. The minimum Gasteiger partial charge on any atom is -0.461 e. The van der Waals surface area contributed by atoms with Gasteiger partial charge in [0.05, 0.1) is 0 Å². The SMILES string of the molecule is CCCCCCCCc1cc2ccc(B(O)O)cc2o1. The molecule has 0 aliphatic rings. The van der Waals surface area contributed by atoms with Crippen LogP contribution >= 0.6 is 0 Å². The van der Waals surface area contributed by atoms with Crippen LogP contribution in [0, 0.1) is 0 Å². The topological polar surface area (TPSA) is 53.6 Å². The van der Waals surface area contributed by atoms with Gasteiger partial charge < -0.3 is 14.5 Å². The largest absolute Gasteiger partial charge is 0.488 e. The molecule has 2 rings (SSSR count). The van der Waals surface area contributed by atoms with Crippen molar-refractivity contribution in [3.05, 3.63) is 30.0 Å². The lowest BCUT2D eigenvalue weighted by molar-refractivity contribution is 0.425. The maximum Gasteiger partial charge on any atom is 0.488 e. The molecule has 2 N–H and O–H groups in total. The lowest BCUT2D eigenvalue weighted by Gasteiger charge is -1.99. The molecule has 3 nitrogen and oxygen atoms in total. The molecular formula is C16H23BO3. The summed E-state index contributed by atoms with van der Waals surface area (Å²) in [6.45, 7) is 2.23. The molecule has 0 atom stereocenters. The summed E-state index contributed by atoms with van der Waals surface area (Å²) < 4.78 is 5.76. The lowest BCUT2D eigenvalue weighted by Crippen LogP contribution is -2.29. The monoisotopic (exact) mass is 274 g/mol. The second-order valence-electron chi connectivity index (χ2n) is 5.40. The lowest BCUT2D eigenvalue weighted by atomic mass is 9.80. The first-order valence-electron chi connectivity index (χ1n) is 7.59. The van der Waals surface area contributed by atoms with Gasteiger partial charge in [-0.1, -0.05) is 51.2 Å². The number of rotatable bonds is 8. The molecule has 0 bridgehead atoms. The Morgan fingerprint density at radius 2 is 1.75 bits per heavy atom. The van der Waals surface area contributed by atoms with Crippen molar-refractivity contribution in [2.45, 2.75) is 51.9 Å². The van der Waals surface area contributed by atoms with Gasteiger partial charge in [-0.25, -0.2) is 0 Å². The molecule has 0 unspecified atom stereocenters. The van der Waals surface area contributed by atoms with Gasteiger partial charge in [-0.05, 0) is 24.0 Å². The van der Waals surface area contributed by atoms with Crippen molar-refractivity contribution in [3.8, 4) is 0 Å². The first-order chi connectivity index (χ1) is 9.70. The van der Waals surface area contributed by atoms with E-state index in [4.69, 9.17) is 14.5 Å². The quantitative estimate of drug-likeness (QED) is 0.574. The Hall–Kier alpha value is -1.26. The number of aryl methyl sites for hydroxylation is 1. The van der Waals surface area contributed by atoms with E-state index in [1.54, 1.807) is 12.1 Å². The van der Waals surface area contributed by atoms with Gasteiger partial charge in [-0.3, -0.25) is 0 Å². The van der Waals surface area contributed by atoms with Crippen LogP contribution < -0.4 is 5.46 Å². The number of fused-ring (bicyclic) bond motifs is 1. The Labute approximate surface area is 120 Å². The average molecular weight is 274 g/mol. The minimum atomic E-state index is -1.44. The molecule has 0 fully saturated rings. The first kappa shape index (κ1) is 15.1. The molecule has 0 aliphatic heterocycles. The third kappa shape index (κ3) is 4.12. The Bertz CT molecular complexity index is 534. The Kier molecular flexibility index (Phi) is 5.68. The van der Waals surface area contributed by atoms with Crippen LogP contribution in [-0.4, -0.2) is 17.2 Å². The fourth-order valence-corrected chi connectivity index (χ4v) is 2.47. The van der Waals surface area contributed by atoms with E-state index >= 15 is 0 Å². The van der Waals surface area contributed by atoms with Gasteiger partial charge >= 0.3 is 7.12 Å². The molecular weight excluding hydrogens is 251 g/mol. The molecule has 108 valence electrons. The molecule has 0 saturated carbocycles. The van der Waals surface area contributed by atoms with E-state index in [-0.39, 0.29) is 0 Å². The van der Waals surface area contributed by atoms with E-state index in [2.05, 4.69) is 13.0 Å². The predicted molar refractivity (Wildman–Crippen MR) is 83.1 cm³/mol. The standard InChI is InChI=1S/C16H23BO3/c1-2-3-4-5-6-7-8-15-11-13-9-10-14(17(18)19)12-16(13)20-15/h9-12,18-19H,2-8H2,1H3. The zero-order chi connectivity index (χ0) is 14.4. The van der Waals surface area contributed by atoms with Crippen LogP contribution in [0.25, 0.3) is 11.0 Å². The van der Waals surface area contributed by atoms with Crippen molar-refractivity contribution < 1.29 is 14.5 Å². The van der Waals surface area contributed by atoms with E-state index in [0.29, 0.717) is 5.46 Å². The van der Waals surface area contributed by atoms with Crippen molar-refractivity contribution in [1.29, 1.82) is 0 Å². The third-order valence-corrected chi connectivity index (χ3v) is 3.67. The van der Waals surface area contributed by atoms with E-state index < -0.39 is 7.12 Å². The summed E-state index contributed by atoms with van der Waals surface area (Å²) in [5, 5.41) is 19.3. The average Bonchev–Trinajstić information content (AvgIpc) is 2.84. The summed E-state index contributed by atoms with van der Waals surface area (Å²) >= 11 is 0. The zero-order valence-corrected chi connectivity index (χ0v) is 12.1. The second-order valence-corrected chi connectivity index (χ2v) is 5.40. The van der Waals surface area contributed by atoms with Crippen molar-refractivity contribution in [1.82, 2.24) is 0 Å². The first-order valence-corrected chi connectivity index (χ1v) is 7.59. The van der Waals surface area contributed by atoms with Gasteiger partial charge in [0.1, 0.15) is 11.3 Å². The van der Waals surface area contributed by atoms with Crippen LogP contribution in [0.3, 0.4) is 0 Å². The molecule has 0 saturated heterocycles. The number of unbranched alkanes of at least 4 members (excludes halogenated alkanes) is 5. The van der Waals surface area contributed by atoms with Gasteiger partial charge in [-0.2, -0.15) is 0 Å². The Balaban J connectivity index is 1.88. The molecule has 0 spiro atoms. The van der Waals surface area contributed by atoms with Crippen molar-refractivity contribution in [3.63, 3.8) is 0 Å². The normalized spacial score (nSPS) is 11.2. The van der Waals surface area contributed by atoms with Gasteiger partial charge in [0.25, 0.3) is 0 Å². The summed E-state index contributed by atoms with van der Waals surface area (Å²) in [6, 6.07) is 7.34. The van der Waals surface area contributed by atoms with Crippen LogP contribution in [0.1, 0.15) is 51.2 Å². The molecule has 2 aromatic rings. The Morgan fingerprint density at radius 3 is 2.50 bits per heavy atom. The van der Waals surface area contributed by atoms with Crippen molar-refractivity contribution in [2.75, 3.05) is 0 Å². The predicted octanol–water partition coefficient (Wildman–Crippen LogP) is 3.02. The highest BCUT2D eigenvalue weighted by molar-refractivity contribution is 6.58. The third-order valence-electron chi connectivity index (χ3n) is 3.67. The molecule has 20 heavy (non-hydrogen) atoms. The van der Waals surface area contributed by atoms with Gasteiger partial charge in [-0.15, -0.1) is 0 Å². The molecule has 0 aliphatic carbocycles. The molecule has 0 amide bonds. The number of hydrogen-bond acceptors (Lipinski definition) is 3. The van der Waals surface area contributed by atoms with Gasteiger partial charge in [0.2, 0.25) is 0 Å². The highest BCUT2D eigenvalue weighted by Gasteiger charge is 2.12. The maximum atomic E-state index is 9.15. The number of furan rings is 1. The van der Waals surface area contributed by atoms with Gasteiger partial charge in [0, 0.05) is 11.8 Å². The van der Waals surface area contributed by atoms with E-state index in [9.17, 15) is 0 Å². The summed E-state index contributed by atoms with van der Waals surface area (Å²) in [6.07, 6.45) is 8.59. The summed E-state index contributed by atoms with van der Waals surface area (Å²) in [4.78, 5) is 0. The second kappa shape index (κ2) is 7.51. The fraction of sp³-hybridized carbons (Fsp3) is 0.500. The molecule has 1 aromatic carbocycles. The molecule has 1 aromatic heterocycles. The van der Waals surface area contributed by atoms with Crippen LogP contribution in [0.2, 0.25) is 0 Å². The zero-order valence-electron chi connectivity index (χ0n) is 12.1. The smallest absolute Gasteiger partial charge is 0.461 e. The fourth-order valence-electron chi connectivity index (χ4n) is 2.47. The summed E-state index contributed by atoms with van der Waals surface area (Å²) in [7, 11) is -1.44. The van der Waals surface area contributed by atoms with Crippen LogP contribution in [0.4, 0.5) is 0 Å². The van der Waals surface area contributed by atoms with Crippen molar-refractivity contribution >= 4 is 23.6 Å². The molecule has 4 heteroatoms. The van der Waals surface area contributed by atoms with Crippen LogP contribution in [0.15, 0.2) is 28.7 Å². The van der Waals surface area contributed by atoms with E-state index in [0.717, 1.165) is 29.6 Å². The highest BCUT2D eigenvalue weighted by Crippen LogP contribution is 2.20. The van der Waals surface area contributed by atoms with Crippen molar-refractivity contribution in [2.24, 2.45) is 0 Å². The highest BCUT2D eigenvalue weighted by atomic mass is 16.4. The van der Waals surface area contributed by atoms with Crippen LogP contribution in [0.5, 0.6) is 0 Å². The number of benzene rings is 1. The molecule has 1 heterocycles. The number of hydrogen-bond donors (Lipinski definition) is 2. The summed E-state index contributed by atoms with van der Waals surface area (Å²) in [5.41, 5.74) is 1.20. The van der Waals surface area contributed by atoms with E-state index in [1.165, 1.54) is 32.1 Å². The maximum absolute atomic E-state index is 9.15. The Morgan fingerprint density at radius 1 is 1.00 bits per heavy atom.